The molecule has 0 radical (unpaired) electrons. The second kappa shape index (κ2) is 12.2. The van der Waals surface area contributed by atoms with Crippen LogP contribution in [0, 0.1) is 13.8 Å². The van der Waals surface area contributed by atoms with Gasteiger partial charge in [-0.25, -0.2) is 0 Å². The van der Waals surface area contributed by atoms with Crippen molar-refractivity contribution >= 4 is 11.6 Å². The maximum atomic E-state index is 11.7. The lowest BCUT2D eigenvalue weighted by Crippen LogP contribution is -2.47. The van der Waals surface area contributed by atoms with E-state index in [0.29, 0.717) is 17.6 Å². The number of benzene rings is 2. The predicted octanol–water partition coefficient (Wildman–Crippen LogP) is 5.30. The molecule has 196 valence electrons. The normalized spacial score (nSPS) is 15.4. The van der Waals surface area contributed by atoms with Gasteiger partial charge in [0.15, 0.2) is 0 Å². The topological polar surface area (TPSA) is 71.7 Å². The van der Waals surface area contributed by atoms with Gasteiger partial charge in [0, 0.05) is 55.4 Å². The van der Waals surface area contributed by atoms with Gasteiger partial charge < -0.3 is 20.3 Å². The van der Waals surface area contributed by atoms with Gasteiger partial charge in [-0.3, -0.25) is 9.78 Å². The Morgan fingerprint density at radius 2 is 1.84 bits per heavy atom. The minimum Gasteiger partial charge on any atom is -0.497 e. The minimum absolute atomic E-state index is 0.350. The molecule has 0 spiro atoms. The Labute approximate surface area is 221 Å². The summed E-state index contributed by atoms with van der Waals surface area (Å²) in [5.74, 6) is 0.527. The van der Waals surface area contributed by atoms with Crippen molar-refractivity contribution in [3.63, 3.8) is 0 Å². The lowest BCUT2D eigenvalue weighted by atomic mass is 9.95. The standard InChI is InChI=1S/C31H40N4O2/c1-22-14-17-33-20-26(22)21-35(27-10-12-29(37-4)13-11-27)28-15-18-34(19-16-28)23(2)8-9-25-6-5-7-30(24(25)3)31(32)36/h5-7,10-14,17,20,23,28H,8-9,15-16,18-19,21H2,1-4H3,(H2,32,36)/t23-/m1/s1. The molecule has 1 aromatic heterocycles. The van der Waals surface area contributed by atoms with Crippen molar-refractivity contribution in [2.75, 3.05) is 25.1 Å². The lowest BCUT2D eigenvalue weighted by molar-refractivity contribution is 0.0999. The summed E-state index contributed by atoms with van der Waals surface area (Å²) in [6.07, 6.45) is 8.11. The van der Waals surface area contributed by atoms with Crippen LogP contribution in [-0.2, 0) is 13.0 Å². The Morgan fingerprint density at radius 3 is 2.49 bits per heavy atom. The lowest BCUT2D eigenvalue weighted by Gasteiger charge is -2.42. The number of aromatic nitrogens is 1. The molecule has 1 saturated heterocycles. The van der Waals surface area contributed by atoms with E-state index in [1.165, 1.54) is 22.4 Å². The number of anilines is 1. The van der Waals surface area contributed by atoms with E-state index < -0.39 is 0 Å². The molecule has 0 aliphatic carbocycles. The van der Waals surface area contributed by atoms with Gasteiger partial charge >= 0.3 is 0 Å². The second-order valence-electron chi connectivity index (χ2n) is 10.2. The molecule has 2 heterocycles. The third-order valence-electron chi connectivity index (χ3n) is 8.00. The molecule has 1 aliphatic heterocycles. The predicted molar refractivity (Wildman–Crippen MR) is 150 cm³/mol. The summed E-state index contributed by atoms with van der Waals surface area (Å²) in [5.41, 5.74) is 12.2. The fraction of sp³-hybridized carbons (Fsp3) is 0.419. The number of amides is 1. The number of methoxy groups -OCH3 is 1. The van der Waals surface area contributed by atoms with Crippen LogP contribution in [0.2, 0.25) is 0 Å². The van der Waals surface area contributed by atoms with Crippen LogP contribution >= 0.6 is 0 Å². The summed E-state index contributed by atoms with van der Waals surface area (Å²) >= 11 is 0. The van der Waals surface area contributed by atoms with Gasteiger partial charge in [-0.1, -0.05) is 12.1 Å². The first-order chi connectivity index (χ1) is 17.9. The highest BCUT2D eigenvalue weighted by Gasteiger charge is 2.27. The van der Waals surface area contributed by atoms with Crippen LogP contribution < -0.4 is 15.4 Å². The summed E-state index contributed by atoms with van der Waals surface area (Å²) in [7, 11) is 1.71. The zero-order valence-corrected chi connectivity index (χ0v) is 22.6. The number of primary amides is 1. The van der Waals surface area contributed by atoms with E-state index in [0.717, 1.165) is 56.6 Å². The number of hydrogen-bond acceptors (Lipinski definition) is 5. The molecule has 1 atom stereocenters. The number of nitrogens with two attached hydrogens (primary N) is 1. The molecule has 0 saturated carbocycles. The third kappa shape index (κ3) is 6.50. The average molecular weight is 501 g/mol. The minimum atomic E-state index is -0.350. The average Bonchev–Trinajstić information content (AvgIpc) is 2.92. The van der Waals surface area contributed by atoms with Gasteiger partial charge in [0.1, 0.15) is 5.75 Å². The maximum Gasteiger partial charge on any atom is 0.248 e. The number of ether oxygens (including phenoxy) is 1. The van der Waals surface area contributed by atoms with Gasteiger partial charge in [-0.2, -0.15) is 0 Å². The molecule has 3 aromatic rings. The Morgan fingerprint density at radius 1 is 1.11 bits per heavy atom. The molecule has 2 aromatic carbocycles. The van der Waals surface area contributed by atoms with Crippen molar-refractivity contribution < 1.29 is 9.53 Å². The number of aryl methyl sites for hydroxylation is 2. The SMILES string of the molecule is COc1ccc(N(Cc2cnccc2C)C2CCN([C@H](C)CCc3cccc(C(N)=O)c3C)CC2)cc1. The van der Waals surface area contributed by atoms with Gasteiger partial charge in [0.2, 0.25) is 5.91 Å². The molecule has 4 rings (SSSR count). The molecule has 0 unspecified atom stereocenters. The zero-order valence-electron chi connectivity index (χ0n) is 22.6. The first-order valence-electron chi connectivity index (χ1n) is 13.3. The third-order valence-corrected chi connectivity index (χ3v) is 8.00. The highest BCUT2D eigenvalue weighted by Crippen LogP contribution is 2.29. The van der Waals surface area contributed by atoms with Crippen LogP contribution in [0.4, 0.5) is 5.69 Å². The van der Waals surface area contributed by atoms with Crippen molar-refractivity contribution in [1.29, 1.82) is 0 Å². The van der Waals surface area contributed by atoms with Crippen LogP contribution in [0.5, 0.6) is 5.75 Å². The van der Waals surface area contributed by atoms with E-state index in [-0.39, 0.29) is 5.91 Å². The molecule has 1 aliphatic rings. The number of rotatable bonds is 10. The molecule has 37 heavy (non-hydrogen) atoms. The van der Waals surface area contributed by atoms with Crippen molar-refractivity contribution in [2.45, 2.75) is 65.1 Å². The van der Waals surface area contributed by atoms with E-state index in [1.807, 2.05) is 43.6 Å². The second-order valence-corrected chi connectivity index (χ2v) is 10.2. The molecule has 1 amide bonds. The quantitative estimate of drug-likeness (QED) is 0.409. The smallest absolute Gasteiger partial charge is 0.248 e. The Kier molecular flexibility index (Phi) is 8.82. The number of pyridine rings is 1. The molecular formula is C31H40N4O2. The number of piperidine rings is 1. The summed E-state index contributed by atoms with van der Waals surface area (Å²) in [4.78, 5) is 21.3. The number of nitrogens with zero attached hydrogens (tertiary/aromatic N) is 3. The first-order valence-corrected chi connectivity index (χ1v) is 13.3. The van der Waals surface area contributed by atoms with E-state index in [9.17, 15) is 4.79 Å². The van der Waals surface area contributed by atoms with Gasteiger partial charge in [0.25, 0.3) is 0 Å². The van der Waals surface area contributed by atoms with E-state index in [2.05, 4.69) is 52.9 Å². The maximum absolute atomic E-state index is 11.7. The first kappa shape index (κ1) is 26.7. The summed E-state index contributed by atoms with van der Waals surface area (Å²) in [6, 6.07) is 17.3. The summed E-state index contributed by atoms with van der Waals surface area (Å²) in [5, 5.41) is 0. The molecule has 1 fully saturated rings. The molecular weight excluding hydrogens is 460 g/mol. The Balaban J connectivity index is 1.41. The van der Waals surface area contributed by atoms with Crippen molar-refractivity contribution in [3.05, 3.63) is 88.7 Å². The largest absolute Gasteiger partial charge is 0.497 e. The summed E-state index contributed by atoms with van der Waals surface area (Å²) in [6.45, 7) is 9.49. The van der Waals surface area contributed by atoms with Gasteiger partial charge in [-0.05, 0) is 105 Å². The van der Waals surface area contributed by atoms with Crippen LogP contribution in [0.25, 0.3) is 0 Å². The van der Waals surface area contributed by atoms with Crippen molar-refractivity contribution in [3.8, 4) is 5.75 Å². The fourth-order valence-corrected chi connectivity index (χ4v) is 5.46. The number of hydrogen-bond donors (Lipinski definition) is 1. The fourth-order valence-electron chi connectivity index (χ4n) is 5.46. The monoisotopic (exact) mass is 500 g/mol. The molecule has 6 heteroatoms. The Hall–Kier alpha value is -3.38. The van der Waals surface area contributed by atoms with Crippen LogP contribution in [0.1, 0.15) is 58.8 Å². The zero-order chi connectivity index (χ0) is 26.4. The van der Waals surface area contributed by atoms with Gasteiger partial charge in [-0.15, -0.1) is 0 Å². The molecule has 2 N–H and O–H groups in total. The van der Waals surface area contributed by atoms with E-state index in [1.54, 1.807) is 7.11 Å². The van der Waals surface area contributed by atoms with Gasteiger partial charge in [0.05, 0.1) is 7.11 Å². The van der Waals surface area contributed by atoms with Crippen LogP contribution in [0.3, 0.4) is 0 Å². The Bertz CT molecular complexity index is 1190. The van der Waals surface area contributed by atoms with E-state index >= 15 is 0 Å². The molecule has 6 nitrogen and oxygen atoms in total. The highest BCUT2D eigenvalue weighted by atomic mass is 16.5. The molecule has 0 bridgehead atoms. The number of carbonyl (C=O) groups is 1. The number of likely N-dealkylation sites (tertiary alicyclic amines) is 1. The summed E-state index contributed by atoms with van der Waals surface area (Å²) < 4.78 is 5.39. The van der Waals surface area contributed by atoms with Crippen molar-refractivity contribution in [2.24, 2.45) is 5.73 Å². The van der Waals surface area contributed by atoms with Crippen LogP contribution in [0.15, 0.2) is 60.9 Å². The number of carbonyl (C=O) groups excluding carboxylic acids is 1. The highest BCUT2D eigenvalue weighted by molar-refractivity contribution is 5.94. The van der Waals surface area contributed by atoms with Crippen molar-refractivity contribution in [1.82, 2.24) is 9.88 Å². The van der Waals surface area contributed by atoms with E-state index in [4.69, 9.17) is 10.5 Å². The van der Waals surface area contributed by atoms with Crippen LogP contribution in [-0.4, -0.2) is 48.1 Å².